The van der Waals surface area contributed by atoms with Crippen LogP contribution in [0.2, 0.25) is 0 Å². The third kappa shape index (κ3) is 2.47. The summed E-state index contributed by atoms with van der Waals surface area (Å²) in [6.45, 7) is 6.35. The van der Waals surface area contributed by atoms with Gasteiger partial charge in [0, 0.05) is 18.6 Å². The standard InChI is InChI=1S/C13H21NOS/c1-3-12-11(5-7-15-12)13(14-4-2)10-6-8-16-9-10/h6,8-9,11-14H,3-5,7H2,1-2H3. The van der Waals surface area contributed by atoms with Gasteiger partial charge in [0.25, 0.3) is 0 Å². The zero-order valence-electron chi connectivity index (χ0n) is 10.1. The van der Waals surface area contributed by atoms with Gasteiger partial charge in [0.1, 0.15) is 0 Å². The van der Waals surface area contributed by atoms with E-state index in [4.69, 9.17) is 4.74 Å². The highest BCUT2D eigenvalue weighted by Crippen LogP contribution is 2.35. The first-order valence-electron chi connectivity index (χ1n) is 6.23. The van der Waals surface area contributed by atoms with Crippen molar-refractivity contribution in [2.75, 3.05) is 13.2 Å². The second kappa shape index (κ2) is 5.80. The molecule has 3 unspecified atom stereocenters. The van der Waals surface area contributed by atoms with Crippen LogP contribution in [0, 0.1) is 5.92 Å². The lowest BCUT2D eigenvalue weighted by Crippen LogP contribution is -2.32. The molecule has 0 aromatic carbocycles. The quantitative estimate of drug-likeness (QED) is 0.852. The molecule has 0 spiro atoms. The van der Waals surface area contributed by atoms with Gasteiger partial charge in [-0.05, 0) is 41.8 Å². The number of hydrogen-bond donors (Lipinski definition) is 1. The molecule has 1 aromatic rings. The van der Waals surface area contributed by atoms with Crippen molar-refractivity contribution >= 4 is 11.3 Å². The van der Waals surface area contributed by atoms with E-state index in [-0.39, 0.29) is 0 Å². The van der Waals surface area contributed by atoms with Gasteiger partial charge in [-0.3, -0.25) is 0 Å². The molecular weight excluding hydrogens is 218 g/mol. The third-order valence-corrected chi connectivity index (χ3v) is 4.12. The normalized spacial score (nSPS) is 27.1. The van der Waals surface area contributed by atoms with Crippen LogP contribution in [0.5, 0.6) is 0 Å². The molecule has 2 rings (SSSR count). The molecule has 1 saturated heterocycles. The molecule has 1 aliphatic rings. The van der Waals surface area contributed by atoms with Gasteiger partial charge < -0.3 is 10.1 Å². The minimum Gasteiger partial charge on any atom is -0.378 e. The van der Waals surface area contributed by atoms with Crippen molar-refractivity contribution < 1.29 is 4.74 Å². The van der Waals surface area contributed by atoms with Crippen LogP contribution < -0.4 is 5.32 Å². The van der Waals surface area contributed by atoms with Crippen LogP contribution in [0.25, 0.3) is 0 Å². The highest BCUT2D eigenvalue weighted by atomic mass is 32.1. The van der Waals surface area contributed by atoms with Crippen LogP contribution in [0.1, 0.15) is 38.3 Å². The van der Waals surface area contributed by atoms with Crippen molar-refractivity contribution in [2.45, 2.75) is 38.8 Å². The Hall–Kier alpha value is -0.380. The molecule has 16 heavy (non-hydrogen) atoms. The second-order valence-corrected chi connectivity index (χ2v) is 5.14. The Labute approximate surface area is 102 Å². The van der Waals surface area contributed by atoms with Crippen molar-refractivity contribution in [1.82, 2.24) is 5.32 Å². The summed E-state index contributed by atoms with van der Waals surface area (Å²) in [4.78, 5) is 0. The first-order valence-corrected chi connectivity index (χ1v) is 7.18. The lowest BCUT2D eigenvalue weighted by atomic mass is 9.88. The molecule has 0 amide bonds. The van der Waals surface area contributed by atoms with Gasteiger partial charge in [0.2, 0.25) is 0 Å². The molecule has 0 bridgehead atoms. The predicted octanol–water partition coefficient (Wildman–Crippen LogP) is 3.21. The summed E-state index contributed by atoms with van der Waals surface area (Å²) in [5.41, 5.74) is 1.43. The average molecular weight is 239 g/mol. The summed E-state index contributed by atoms with van der Waals surface area (Å²) in [6, 6.07) is 2.71. The van der Waals surface area contributed by atoms with Crippen LogP contribution in [0.15, 0.2) is 16.8 Å². The molecule has 2 nitrogen and oxygen atoms in total. The molecule has 2 heterocycles. The Balaban J connectivity index is 2.12. The first kappa shape index (κ1) is 12.1. The molecule has 0 aliphatic carbocycles. The molecule has 3 atom stereocenters. The summed E-state index contributed by atoms with van der Waals surface area (Å²) in [5.74, 6) is 0.638. The van der Waals surface area contributed by atoms with E-state index in [2.05, 4.69) is 36.0 Å². The molecule has 1 aliphatic heterocycles. The van der Waals surface area contributed by atoms with E-state index in [0.29, 0.717) is 18.1 Å². The van der Waals surface area contributed by atoms with Crippen molar-refractivity contribution in [1.29, 1.82) is 0 Å². The van der Waals surface area contributed by atoms with E-state index in [1.165, 1.54) is 12.0 Å². The summed E-state index contributed by atoms with van der Waals surface area (Å²) in [5, 5.41) is 8.04. The maximum Gasteiger partial charge on any atom is 0.0619 e. The number of rotatable bonds is 5. The minimum atomic E-state index is 0.434. The Morgan fingerprint density at radius 3 is 3.06 bits per heavy atom. The molecule has 0 saturated carbocycles. The first-order chi connectivity index (χ1) is 7.86. The van der Waals surface area contributed by atoms with Gasteiger partial charge in [-0.25, -0.2) is 0 Å². The fraction of sp³-hybridized carbons (Fsp3) is 0.692. The van der Waals surface area contributed by atoms with E-state index < -0.39 is 0 Å². The molecule has 0 radical (unpaired) electrons. The fourth-order valence-electron chi connectivity index (χ4n) is 2.66. The van der Waals surface area contributed by atoms with Crippen molar-refractivity contribution in [2.24, 2.45) is 5.92 Å². The third-order valence-electron chi connectivity index (χ3n) is 3.42. The topological polar surface area (TPSA) is 21.3 Å². The number of ether oxygens (including phenoxy) is 1. The average Bonchev–Trinajstić information content (AvgIpc) is 2.96. The smallest absolute Gasteiger partial charge is 0.0619 e. The second-order valence-electron chi connectivity index (χ2n) is 4.36. The van der Waals surface area contributed by atoms with Crippen molar-refractivity contribution in [3.8, 4) is 0 Å². The Morgan fingerprint density at radius 2 is 2.44 bits per heavy atom. The summed E-state index contributed by atoms with van der Waals surface area (Å²) in [6.07, 6.45) is 2.74. The Bertz CT molecular complexity index is 299. The molecular formula is C13H21NOS. The van der Waals surface area contributed by atoms with Gasteiger partial charge in [-0.1, -0.05) is 13.8 Å². The maximum absolute atomic E-state index is 5.80. The highest BCUT2D eigenvalue weighted by molar-refractivity contribution is 7.07. The number of nitrogens with one attached hydrogen (secondary N) is 1. The van der Waals surface area contributed by atoms with E-state index in [1.54, 1.807) is 11.3 Å². The fourth-order valence-corrected chi connectivity index (χ4v) is 3.35. The maximum atomic E-state index is 5.80. The predicted molar refractivity (Wildman–Crippen MR) is 68.9 cm³/mol. The van der Waals surface area contributed by atoms with Crippen molar-refractivity contribution in [3.05, 3.63) is 22.4 Å². The lowest BCUT2D eigenvalue weighted by Gasteiger charge is -2.27. The van der Waals surface area contributed by atoms with E-state index in [1.807, 2.05) is 0 Å². The molecule has 3 heteroatoms. The summed E-state index contributed by atoms with van der Waals surface area (Å²) >= 11 is 1.78. The molecule has 1 fully saturated rings. The van der Waals surface area contributed by atoms with Gasteiger partial charge >= 0.3 is 0 Å². The largest absolute Gasteiger partial charge is 0.378 e. The zero-order chi connectivity index (χ0) is 11.4. The van der Waals surface area contributed by atoms with Gasteiger partial charge in [0.15, 0.2) is 0 Å². The summed E-state index contributed by atoms with van der Waals surface area (Å²) < 4.78 is 5.80. The van der Waals surface area contributed by atoms with E-state index in [0.717, 1.165) is 19.6 Å². The van der Waals surface area contributed by atoms with Gasteiger partial charge in [0.05, 0.1) is 6.10 Å². The van der Waals surface area contributed by atoms with E-state index in [9.17, 15) is 0 Å². The monoisotopic (exact) mass is 239 g/mol. The van der Waals surface area contributed by atoms with Crippen LogP contribution in [0.3, 0.4) is 0 Å². The minimum absolute atomic E-state index is 0.434. The van der Waals surface area contributed by atoms with Crippen LogP contribution in [0.4, 0.5) is 0 Å². The number of hydrogen-bond acceptors (Lipinski definition) is 3. The Kier molecular flexibility index (Phi) is 4.38. The highest BCUT2D eigenvalue weighted by Gasteiger charge is 2.34. The lowest BCUT2D eigenvalue weighted by molar-refractivity contribution is 0.0776. The van der Waals surface area contributed by atoms with Gasteiger partial charge in [-0.2, -0.15) is 11.3 Å². The van der Waals surface area contributed by atoms with Crippen LogP contribution in [-0.2, 0) is 4.74 Å². The van der Waals surface area contributed by atoms with E-state index >= 15 is 0 Å². The van der Waals surface area contributed by atoms with Crippen LogP contribution >= 0.6 is 11.3 Å². The number of thiophene rings is 1. The molecule has 1 N–H and O–H groups in total. The van der Waals surface area contributed by atoms with Gasteiger partial charge in [-0.15, -0.1) is 0 Å². The summed E-state index contributed by atoms with van der Waals surface area (Å²) in [7, 11) is 0. The SMILES string of the molecule is CCNC(c1ccsc1)C1CCOC1CC. The van der Waals surface area contributed by atoms with Crippen LogP contribution in [-0.4, -0.2) is 19.3 Å². The molecule has 1 aromatic heterocycles. The molecule has 90 valence electrons. The Morgan fingerprint density at radius 1 is 1.56 bits per heavy atom. The van der Waals surface area contributed by atoms with Crippen molar-refractivity contribution in [3.63, 3.8) is 0 Å². The zero-order valence-corrected chi connectivity index (χ0v) is 10.9.